The number of hydrogen-bond donors (Lipinski definition) is 0. The second-order valence-corrected chi connectivity index (χ2v) is 15.5. The maximum Gasteiger partial charge on any atom is 0.137 e. The van der Waals surface area contributed by atoms with E-state index in [2.05, 4.69) is 196 Å². The lowest BCUT2D eigenvalue weighted by Crippen LogP contribution is -2.00. The highest BCUT2D eigenvalue weighted by Crippen LogP contribution is 2.41. The second-order valence-electron chi connectivity index (χ2n) is 15.5. The van der Waals surface area contributed by atoms with Crippen molar-refractivity contribution in [1.29, 1.82) is 0 Å². The third-order valence-corrected chi connectivity index (χ3v) is 12.2. The van der Waals surface area contributed by atoms with Crippen molar-refractivity contribution < 1.29 is 0 Å². The molecule has 5 heteroatoms. The highest BCUT2D eigenvalue weighted by Gasteiger charge is 2.20. The number of pyridine rings is 2. The summed E-state index contributed by atoms with van der Waals surface area (Å²) >= 11 is 0. The summed E-state index contributed by atoms with van der Waals surface area (Å²) in [6.45, 7) is 0. The first-order valence-electron chi connectivity index (χ1n) is 20.1. The van der Waals surface area contributed by atoms with Gasteiger partial charge in [0.25, 0.3) is 0 Å². The fourth-order valence-electron chi connectivity index (χ4n) is 9.68. The van der Waals surface area contributed by atoms with Crippen LogP contribution in [0.3, 0.4) is 0 Å². The number of aromatic nitrogens is 5. The monoisotopic (exact) mass is 751 g/mol. The summed E-state index contributed by atoms with van der Waals surface area (Å²) in [6.07, 6.45) is 3.99. The molecule has 0 unspecified atom stereocenters. The Morgan fingerprint density at radius 2 is 0.881 bits per heavy atom. The van der Waals surface area contributed by atoms with Crippen molar-refractivity contribution >= 4 is 81.8 Å². The molecule has 0 radical (unpaired) electrons. The molecule has 5 nitrogen and oxygen atoms in total. The van der Waals surface area contributed by atoms with Gasteiger partial charge in [-0.3, -0.25) is 9.38 Å². The first-order chi connectivity index (χ1) is 29.3. The summed E-state index contributed by atoms with van der Waals surface area (Å²) in [5.41, 5.74) is 14.3. The SMILES string of the molecule is c1ccc(-c2ccc3c(c2)c2cc(-c4cc(-n5c6ccccc6c6ccccc65)cc(-n5c6ccccc6c6ccccc65)c4)ccc2c2c3nc3ccccn32)nc1. The molecule has 5 heterocycles. The van der Waals surface area contributed by atoms with E-state index < -0.39 is 0 Å². The van der Waals surface area contributed by atoms with Crippen LogP contribution in [0.5, 0.6) is 0 Å². The lowest BCUT2D eigenvalue weighted by molar-refractivity contribution is 1.13. The molecule has 0 aliphatic heterocycles. The van der Waals surface area contributed by atoms with Crippen LogP contribution in [-0.2, 0) is 0 Å². The highest BCUT2D eigenvalue weighted by atomic mass is 15.0. The molecule has 0 N–H and O–H groups in total. The van der Waals surface area contributed by atoms with E-state index in [1.807, 2.05) is 18.3 Å². The number of para-hydroxylation sites is 4. The first kappa shape index (κ1) is 32.1. The average molecular weight is 752 g/mol. The molecule has 59 heavy (non-hydrogen) atoms. The molecular weight excluding hydrogens is 719 g/mol. The van der Waals surface area contributed by atoms with Gasteiger partial charge >= 0.3 is 0 Å². The molecule has 0 fully saturated rings. The number of imidazole rings is 1. The molecule has 0 saturated carbocycles. The van der Waals surface area contributed by atoms with Gasteiger partial charge in [-0.1, -0.05) is 109 Å². The van der Waals surface area contributed by atoms with Crippen molar-refractivity contribution in [2.75, 3.05) is 0 Å². The minimum Gasteiger partial charge on any atom is -0.309 e. The zero-order valence-electron chi connectivity index (χ0n) is 31.8. The number of fused-ring (bicyclic) bond motifs is 14. The molecule has 0 saturated heterocycles. The van der Waals surface area contributed by atoms with Gasteiger partial charge in [0.05, 0.1) is 38.8 Å². The molecule has 274 valence electrons. The minimum absolute atomic E-state index is 0.934. The van der Waals surface area contributed by atoms with E-state index >= 15 is 0 Å². The molecule has 5 aromatic heterocycles. The summed E-state index contributed by atoms with van der Waals surface area (Å²) in [6, 6.07) is 68.1. The van der Waals surface area contributed by atoms with Crippen LogP contribution in [-0.4, -0.2) is 23.5 Å². The van der Waals surface area contributed by atoms with Crippen molar-refractivity contribution in [3.05, 3.63) is 200 Å². The maximum atomic E-state index is 5.20. The van der Waals surface area contributed by atoms with E-state index in [1.165, 1.54) is 49.0 Å². The van der Waals surface area contributed by atoms with Crippen LogP contribution in [0.4, 0.5) is 0 Å². The third kappa shape index (κ3) is 4.67. The van der Waals surface area contributed by atoms with Gasteiger partial charge in [0.1, 0.15) is 5.65 Å². The molecule has 13 aromatic rings. The Hall–Kier alpha value is -8.02. The lowest BCUT2D eigenvalue weighted by atomic mass is 9.94. The fourth-order valence-corrected chi connectivity index (χ4v) is 9.68. The average Bonchev–Trinajstić information content (AvgIpc) is 3.97. The molecule has 0 aliphatic carbocycles. The Kier molecular flexibility index (Phi) is 6.66. The third-order valence-electron chi connectivity index (χ3n) is 12.2. The summed E-state index contributed by atoms with van der Waals surface area (Å²) in [5.74, 6) is 0. The molecule has 8 aromatic carbocycles. The molecule has 0 atom stereocenters. The topological polar surface area (TPSA) is 40.0 Å². The lowest BCUT2D eigenvalue weighted by Gasteiger charge is -2.17. The molecule has 0 amide bonds. The smallest absolute Gasteiger partial charge is 0.137 e. The fraction of sp³-hybridized carbons (Fsp3) is 0. The van der Waals surface area contributed by atoms with Crippen LogP contribution in [0.2, 0.25) is 0 Å². The molecule has 13 rings (SSSR count). The molecule has 0 bridgehead atoms. The van der Waals surface area contributed by atoms with Gasteiger partial charge in [0, 0.05) is 61.6 Å². The zero-order valence-corrected chi connectivity index (χ0v) is 31.8. The van der Waals surface area contributed by atoms with Crippen LogP contribution in [0, 0.1) is 0 Å². The van der Waals surface area contributed by atoms with Crippen LogP contribution in [0.15, 0.2) is 200 Å². The highest BCUT2D eigenvalue weighted by molar-refractivity contribution is 6.25. The maximum absolute atomic E-state index is 5.20. The second kappa shape index (κ2) is 12.2. The van der Waals surface area contributed by atoms with Gasteiger partial charge < -0.3 is 9.13 Å². The number of benzene rings is 8. The van der Waals surface area contributed by atoms with Crippen LogP contribution < -0.4 is 0 Å². The van der Waals surface area contributed by atoms with Gasteiger partial charge in [-0.05, 0) is 101 Å². The van der Waals surface area contributed by atoms with Gasteiger partial charge in [-0.25, -0.2) is 4.98 Å². The number of hydrogen-bond acceptors (Lipinski definition) is 2. The van der Waals surface area contributed by atoms with Crippen molar-refractivity contribution in [3.63, 3.8) is 0 Å². The largest absolute Gasteiger partial charge is 0.309 e. The Morgan fingerprint density at radius 1 is 0.356 bits per heavy atom. The Labute approximate surface area is 338 Å². The van der Waals surface area contributed by atoms with Crippen molar-refractivity contribution in [3.8, 4) is 33.8 Å². The first-order valence-corrected chi connectivity index (χ1v) is 20.1. The zero-order chi connectivity index (χ0) is 38.6. The van der Waals surface area contributed by atoms with Gasteiger partial charge in [-0.15, -0.1) is 0 Å². The van der Waals surface area contributed by atoms with E-state index in [4.69, 9.17) is 9.97 Å². The predicted octanol–water partition coefficient (Wildman–Crippen LogP) is 13.7. The summed E-state index contributed by atoms with van der Waals surface area (Å²) < 4.78 is 7.10. The van der Waals surface area contributed by atoms with Crippen molar-refractivity contribution in [2.24, 2.45) is 0 Å². The standard InChI is InChI=1S/C54H33N5/c1-5-18-48-39(13-1)40-14-2-6-19-49(40)58(48)37-29-36(30-38(33-37)59-50-20-7-3-15-41(50)42-16-4-8-21-51(42)59)34-23-26-44-46(31-34)45-32-35(47-17-9-11-27-55-47)24-25-43(45)53-54(44)57-28-12-10-22-52(57)56-53/h1-33H. The summed E-state index contributed by atoms with van der Waals surface area (Å²) in [4.78, 5) is 9.93. The van der Waals surface area contributed by atoms with Crippen LogP contribution in [0.25, 0.3) is 116 Å². The molecular formula is C54H33N5. The molecule has 0 aliphatic rings. The Balaban J connectivity index is 1.14. The van der Waals surface area contributed by atoms with Crippen molar-refractivity contribution in [2.45, 2.75) is 0 Å². The minimum atomic E-state index is 0.934. The Morgan fingerprint density at radius 3 is 1.49 bits per heavy atom. The molecule has 0 spiro atoms. The normalized spacial score (nSPS) is 12.1. The number of rotatable bonds is 4. The summed E-state index contributed by atoms with van der Waals surface area (Å²) in [5, 5.41) is 9.58. The quantitative estimate of drug-likeness (QED) is 0.168. The van der Waals surface area contributed by atoms with E-state index in [1.54, 1.807) is 0 Å². The number of nitrogens with zero attached hydrogens (tertiary/aromatic N) is 5. The Bertz CT molecular complexity index is 3610. The van der Waals surface area contributed by atoms with E-state index in [9.17, 15) is 0 Å². The van der Waals surface area contributed by atoms with Crippen LogP contribution >= 0.6 is 0 Å². The van der Waals surface area contributed by atoms with Crippen molar-refractivity contribution in [1.82, 2.24) is 23.5 Å². The van der Waals surface area contributed by atoms with Gasteiger partial charge in [-0.2, -0.15) is 0 Å². The van der Waals surface area contributed by atoms with E-state index in [-0.39, 0.29) is 0 Å². The predicted molar refractivity (Wildman–Crippen MR) is 245 cm³/mol. The van der Waals surface area contributed by atoms with E-state index in [0.29, 0.717) is 0 Å². The van der Waals surface area contributed by atoms with Gasteiger partial charge in [0.15, 0.2) is 0 Å². The van der Waals surface area contributed by atoms with E-state index in [0.717, 1.165) is 66.6 Å². The van der Waals surface area contributed by atoms with Crippen LogP contribution in [0.1, 0.15) is 0 Å². The van der Waals surface area contributed by atoms with Gasteiger partial charge in [0.2, 0.25) is 0 Å². The summed E-state index contributed by atoms with van der Waals surface area (Å²) in [7, 11) is 0.